The number of halogens is 1. The molecule has 190 valence electrons. The fraction of sp³-hybridized carbons (Fsp3) is 0.375. The first kappa shape index (κ1) is 25.8. The van der Waals surface area contributed by atoms with Gasteiger partial charge in [-0.15, -0.1) is 21.5 Å². The van der Waals surface area contributed by atoms with Gasteiger partial charge in [-0.25, -0.2) is 9.18 Å². The van der Waals surface area contributed by atoms with Crippen LogP contribution in [0, 0.1) is 5.82 Å². The second kappa shape index (κ2) is 11.2. The largest absolute Gasteiger partial charge is 0.462 e. The lowest BCUT2D eigenvalue weighted by Gasteiger charge is -2.12. The van der Waals surface area contributed by atoms with Crippen LogP contribution in [0.4, 0.5) is 9.39 Å². The van der Waals surface area contributed by atoms with E-state index in [4.69, 9.17) is 4.74 Å². The summed E-state index contributed by atoms with van der Waals surface area (Å²) in [6.07, 6.45) is 2.68. The van der Waals surface area contributed by atoms with Crippen molar-refractivity contribution in [3.63, 3.8) is 0 Å². The lowest BCUT2D eigenvalue weighted by Crippen LogP contribution is -2.25. The summed E-state index contributed by atoms with van der Waals surface area (Å²) in [7, 11) is 1.72. The standard InChI is InChI=1S/C24H26FN5O4S2/c1-4-34-23(33)19-15-9-7-11-17(15)36-22(19)27-20(31)13(2)35-24-29-28-18(30(24)3)12-26-21(32)14-8-5-6-10-16(14)25/h5-6,8,10,13H,4,7,9,11-12H2,1-3H3,(H,26,32)(H,27,31)/t13-/m1/s1. The lowest BCUT2D eigenvalue weighted by molar-refractivity contribution is -0.115. The van der Waals surface area contributed by atoms with E-state index < -0.39 is 22.9 Å². The number of aryl methyl sites for hydroxylation is 1. The molecule has 2 heterocycles. The van der Waals surface area contributed by atoms with Gasteiger partial charge in [0.2, 0.25) is 5.91 Å². The number of thioether (sulfide) groups is 1. The third kappa shape index (κ3) is 5.44. The number of nitrogens with one attached hydrogen (secondary N) is 2. The summed E-state index contributed by atoms with van der Waals surface area (Å²) in [5.74, 6) is -1.40. The van der Waals surface area contributed by atoms with Crippen LogP contribution in [-0.2, 0) is 36.0 Å². The molecule has 1 atom stereocenters. The van der Waals surface area contributed by atoms with Crippen LogP contribution in [0.15, 0.2) is 29.4 Å². The molecule has 3 aromatic rings. The first-order valence-electron chi connectivity index (χ1n) is 11.5. The normalized spacial score (nSPS) is 13.2. The number of hydrogen-bond donors (Lipinski definition) is 2. The Morgan fingerprint density at radius 1 is 1.25 bits per heavy atom. The van der Waals surface area contributed by atoms with Crippen LogP contribution in [-0.4, -0.2) is 44.4 Å². The molecule has 0 aliphatic heterocycles. The van der Waals surface area contributed by atoms with E-state index in [0.29, 0.717) is 21.5 Å². The van der Waals surface area contributed by atoms with Crippen molar-refractivity contribution in [1.82, 2.24) is 20.1 Å². The second-order valence-electron chi connectivity index (χ2n) is 8.15. The summed E-state index contributed by atoms with van der Waals surface area (Å²) in [5.41, 5.74) is 1.39. The average Bonchev–Trinajstić information content (AvgIpc) is 3.53. The molecule has 0 radical (unpaired) electrons. The number of carbonyl (C=O) groups excluding carboxylic acids is 3. The third-order valence-electron chi connectivity index (χ3n) is 5.74. The van der Waals surface area contributed by atoms with E-state index in [0.717, 1.165) is 29.7 Å². The maximum atomic E-state index is 13.8. The molecule has 1 aromatic carbocycles. The van der Waals surface area contributed by atoms with Crippen molar-refractivity contribution in [2.75, 3.05) is 11.9 Å². The highest BCUT2D eigenvalue weighted by molar-refractivity contribution is 8.00. The molecule has 0 spiro atoms. The number of benzene rings is 1. The number of nitrogens with zero attached hydrogens (tertiary/aromatic N) is 3. The van der Waals surface area contributed by atoms with Crippen molar-refractivity contribution >= 4 is 45.9 Å². The molecule has 1 aliphatic carbocycles. The Bertz CT molecular complexity index is 1310. The van der Waals surface area contributed by atoms with E-state index in [9.17, 15) is 18.8 Å². The molecule has 12 heteroatoms. The predicted molar refractivity (Wildman–Crippen MR) is 135 cm³/mol. The van der Waals surface area contributed by atoms with Crippen LogP contribution in [0.5, 0.6) is 0 Å². The molecule has 0 saturated heterocycles. The van der Waals surface area contributed by atoms with Gasteiger partial charge in [0, 0.05) is 11.9 Å². The van der Waals surface area contributed by atoms with Gasteiger partial charge in [-0.1, -0.05) is 23.9 Å². The zero-order valence-electron chi connectivity index (χ0n) is 20.1. The van der Waals surface area contributed by atoms with Gasteiger partial charge in [0.25, 0.3) is 5.91 Å². The molecular weight excluding hydrogens is 505 g/mol. The van der Waals surface area contributed by atoms with Gasteiger partial charge in [-0.05, 0) is 50.8 Å². The van der Waals surface area contributed by atoms with E-state index in [-0.39, 0.29) is 24.6 Å². The van der Waals surface area contributed by atoms with Gasteiger partial charge < -0.3 is 19.9 Å². The van der Waals surface area contributed by atoms with Gasteiger partial charge in [0.15, 0.2) is 11.0 Å². The fourth-order valence-electron chi connectivity index (χ4n) is 3.84. The Morgan fingerprint density at radius 3 is 2.78 bits per heavy atom. The van der Waals surface area contributed by atoms with Crippen LogP contribution in [0.1, 0.15) is 57.2 Å². The van der Waals surface area contributed by atoms with Crippen molar-refractivity contribution in [1.29, 1.82) is 0 Å². The molecular formula is C24H26FN5O4S2. The number of ether oxygens (including phenoxy) is 1. The highest BCUT2D eigenvalue weighted by Crippen LogP contribution is 2.40. The van der Waals surface area contributed by atoms with Crippen molar-refractivity contribution in [3.8, 4) is 0 Å². The minimum absolute atomic E-state index is 0.0431. The first-order chi connectivity index (χ1) is 17.3. The molecule has 2 amide bonds. The van der Waals surface area contributed by atoms with Crippen LogP contribution >= 0.6 is 23.1 Å². The van der Waals surface area contributed by atoms with E-state index in [1.807, 2.05) is 0 Å². The molecule has 0 fully saturated rings. The fourth-order valence-corrected chi connectivity index (χ4v) is 5.95. The van der Waals surface area contributed by atoms with Gasteiger partial charge in [-0.3, -0.25) is 9.59 Å². The number of aromatic nitrogens is 3. The summed E-state index contributed by atoms with van der Waals surface area (Å²) in [5, 5.41) is 14.2. The van der Waals surface area contributed by atoms with Crippen molar-refractivity contribution in [2.45, 2.75) is 50.1 Å². The Balaban J connectivity index is 1.39. The number of carbonyl (C=O) groups is 3. The van der Waals surface area contributed by atoms with Gasteiger partial charge in [0.05, 0.1) is 29.5 Å². The van der Waals surface area contributed by atoms with Gasteiger partial charge in [0.1, 0.15) is 10.8 Å². The first-order valence-corrected chi connectivity index (χ1v) is 13.2. The summed E-state index contributed by atoms with van der Waals surface area (Å²) < 4.78 is 20.7. The molecule has 0 saturated carbocycles. The number of esters is 1. The Morgan fingerprint density at radius 2 is 2.03 bits per heavy atom. The Hall–Kier alpha value is -3.25. The highest BCUT2D eigenvalue weighted by Gasteiger charge is 2.29. The minimum atomic E-state index is -0.605. The Kier molecular flexibility index (Phi) is 8.04. The molecule has 0 bridgehead atoms. The number of hydrogen-bond acceptors (Lipinski definition) is 8. The second-order valence-corrected chi connectivity index (χ2v) is 10.6. The molecule has 2 aromatic heterocycles. The van der Waals surface area contributed by atoms with Crippen LogP contribution in [0.2, 0.25) is 0 Å². The van der Waals surface area contributed by atoms with Crippen molar-refractivity contribution < 1.29 is 23.5 Å². The molecule has 1 aliphatic rings. The maximum absolute atomic E-state index is 13.8. The summed E-state index contributed by atoms with van der Waals surface area (Å²) in [4.78, 5) is 38.9. The number of anilines is 1. The third-order valence-corrected chi connectivity index (χ3v) is 8.08. The number of amides is 2. The SMILES string of the molecule is CCOC(=O)c1c(NC(=O)[C@@H](C)Sc2nnc(CNC(=O)c3ccccc3F)n2C)sc2c1CCC2. The van der Waals surface area contributed by atoms with Crippen LogP contribution in [0.25, 0.3) is 0 Å². The van der Waals surface area contributed by atoms with Crippen LogP contribution < -0.4 is 10.6 Å². The zero-order chi connectivity index (χ0) is 25.8. The topological polar surface area (TPSA) is 115 Å². The summed E-state index contributed by atoms with van der Waals surface area (Å²) in [6.45, 7) is 3.79. The molecule has 0 unspecified atom stereocenters. The monoisotopic (exact) mass is 531 g/mol. The number of thiophene rings is 1. The number of fused-ring (bicyclic) bond motifs is 1. The molecule has 4 rings (SSSR count). The minimum Gasteiger partial charge on any atom is -0.462 e. The van der Waals surface area contributed by atoms with E-state index in [1.54, 1.807) is 31.5 Å². The summed E-state index contributed by atoms with van der Waals surface area (Å²) >= 11 is 2.63. The average molecular weight is 532 g/mol. The summed E-state index contributed by atoms with van der Waals surface area (Å²) in [6, 6.07) is 5.72. The quantitative estimate of drug-likeness (QED) is 0.319. The maximum Gasteiger partial charge on any atom is 0.341 e. The number of rotatable bonds is 9. The zero-order valence-corrected chi connectivity index (χ0v) is 21.7. The lowest BCUT2D eigenvalue weighted by atomic mass is 10.1. The van der Waals surface area contributed by atoms with Gasteiger partial charge >= 0.3 is 5.97 Å². The smallest absolute Gasteiger partial charge is 0.341 e. The predicted octanol–water partition coefficient (Wildman–Crippen LogP) is 3.73. The molecule has 2 N–H and O–H groups in total. The van der Waals surface area contributed by atoms with E-state index >= 15 is 0 Å². The van der Waals surface area contributed by atoms with E-state index in [1.165, 1.54) is 41.3 Å². The van der Waals surface area contributed by atoms with Crippen LogP contribution in [0.3, 0.4) is 0 Å². The molecule has 9 nitrogen and oxygen atoms in total. The van der Waals surface area contributed by atoms with Gasteiger partial charge in [-0.2, -0.15) is 0 Å². The van der Waals surface area contributed by atoms with Crippen molar-refractivity contribution in [3.05, 3.63) is 57.5 Å². The van der Waals surface area contributed by atoms with Crippen molar-refractivity contribution in [2.24, 2.45) is 7.05 Å². The molecule has 36 heavy (non-hydrogen) atoms. The Labute approximate surface area is 215 Å². The van der Waals surface area contributed by atoms with E-state index in [2.05, 4.69) is 20.8 Å². The highest BCUT2D eigenvalue weighted by atomic mass is 32.2.